The normalized spacial score (nSPS) is 9.08. The molecule has 0 atom stereocenters. The van der Waals surface area contributed by atoms with E-state index in [9.17, 15) is 9.59 Å². The van der Waals surface area contributed by atoms with Crippen LogP contribution in [0.1, 0.15) is 19.8 Å². The Morgan fingerprint density at radius 3 is 2.54 bits per heavy atom. The fourth-order valence-corrected chi connectivity index (χ4v) is 0.701. The molecule has 4 nitrogen and oxygen atoms in total. The van der Waals surface area contributed by atoms with Crippen LogP contribution in [0.15, 0.2) is 12.2 Å². The lowest BCUT2D eigenvalue weighted by Crippen LogP contribution is -2.29. The van der Waals surface area contributed by atoms with E-state index < -0.39 is 11.9 Å². The monoisotopic (exact) mass is 185 g/mol. The first-order valence-electron chi connectivity index (χ1n) is 4.18. The maximum atomic E-state index is 11.1. The van der Waals surface area contributed by atoms with Crippen molar-refractivity contribution in [1.29, 1.82) is 0 Å². The van der Waals surface area contributed by atoms with Gasteiger partial charge in [-0.1, -0.05) is 19.9 Å². The summed E-state index contributed by atoms with van der Waals surface area (Å²) >= 11 is 0. The van der Waals surface area contributed by atoms with Crippen molar-refractivity contribution in [3.63, 3.8) is 0 Å². The van der Waals surface area contributed by atoms with Crippen LogP contribution >= 0.6 is 0 Å². The van der Waals surface area contributed by atoms with E-state index in [2.05, 4.69) is 16.6 Å². The predicted octanol–water partition coefficient (Wildman–Crippen LogP) is 0.632. The van der Waals surface area contributed by atoms with Crippen LogP contribution in [-0.4, -0.2) is 25.5 Å². The Balaban J connectivity index is 3.83. The van der Waals surface area contributed by atoms with Gasteiger partial charge >= 0.3 is 5.97 Å². The van der Waals surface area contributed by atoms with Gasteiger partial charge in [0.25, 0.3) is 5.91 Å². The highest BCUT2D eigenvalue weighted by molar-refractivity contribution is 6.15. The summed E-state index contributed by atoms with van der Waals surface area (Å²) in [4.78, 5) is 21.9. The Bertz CT molecular complexity index is 211. The molecule has 1 amide bonds. The Labute approximate surface area is 78.0 Å². The first-order valence-corrected chi connectivity index (χ1v) is 4.18. The molecule has 0 rings (SSSR count). The van der Waals surface area contributed by atoms with Crippen molar-refractivity contribution in [3.8, 4) is 0 Å². The van der Waals surface area contributed by atoms with Gasteiger partial charge in [0.15, 0.2) is 0 Å². The molecule has 13 heavy (non-hydrogen) atoms. The van der Waals surface area contributed by atoms with Crippen LogP contribution in [0.2, 0.25) is 0 Å². The number of carbonyl (C=O) groups excluding carboxylic acids is 2. The van der Waals surface area contributed by atoms with Crippen molar-refractivity contribution >= 4 is 11.9 Å². The second-order valence-electron chi connectivity index (χ2n) is 2.58. The van der Waals surface area contributed by atoms with Crippen LogP contribution in [0, 0.1) is 0 Å². The molecule has 0 aliphatic carbocycles. The lowest BCUT2D eigenvalue weighted by Gasteiger charge is -2.04. The molecule has 0 aliphatic rings. The number of unbranched alkanes of at least 4 members (excludes halogenated alkanes) is 1. The molecule has 0 unspecified atom stereocenters. The molecule has 0 bridgehead atoms. The Hall–Kier alpha value is -1.32. The highest BCUT2D eigenvalue weighted by atomic mass is 16.5. The van der Waals surface area contributed by atoms with Crippen molar-refractivity contribution in [2.45, 2.75) is 19.8 Å². The van der Waals surface area contributed by atoms with E-state index in [4.69, 9.17) is 0 Å². The van der Waals surface area contributed by atoms with Gasteiger partial charge < -0.3 is 10.1 Å². The van der Waals surface area contributed by atoms with Gasteiger partial charge in [-0.05, 0) is 6.42 Å². The minimum Gasteiger partial charge on any atom is -0.465 e. The summed E-state index contributed by atoms with van der Waals surface area (Å²) < 4.78 is 4.34. The van der Waals surface area contributed by atoms with E-state index in [-0.39, 0.29) is 5.57 Å². The molecule has 0 aromatic heterocycles. The number of nitrogens with one attached hydrogen (secondary N) is 1. The van der Waals surface area contributed by atoms with Gasteiger partial charge in [-0.2, -0.15) is 0 Å². The molecule has 0 aromatic carbocycles. The number of amides is 1. The lowest BCUT2D eigenvalue weighted by molar-refractivity contribution is -0.138. The molecule has 0 aliphatic heterocycles. The zero-order valence-electron chi connectivity index (χ0n) is 8.05. The van der Waals surface area contributed by atoms with Gasteiger partial charge in [0.05, 0.1) is 7.11 Å². The topological polar surface area (TPSA) is 55.4 Å². The van der Waals surface area contributed by atoms with Crippen molar-refractivity contribution < 1.29 is 14.3 Å². The zero-order valence-corrected chi connectivity index (χ0v) is 8.05. The van der Waals surface area contributed by atoms with Crippen LogP contribution in [0.3, 0.4) is 0 Å². The first kappa shape index (κ1) is 11.7. The Morgan fingerprint density at radius 2 is 2.08 bits per heavy atom. The third-order valence-electron chi connectivity index (χ3n) is 1.52. The molecule has 74 valence electrons. The number of ether oxygens (including phenoxy) is 1. The fourth-order valence-electron chi connectivity index (χ4n) is 0.701. The number of rotatable bonds is 5. The predicted molar refractivity (Wildman–Crippen MR) is 49.1 cm³/mol. The van der Waals surface area contributed by atoms with Crippen molar-refractivity contribution in [3.05, 3.63) is 12.2 Å². The minimum absolute atomic E-state index is 0.154. The smallest absolute Gasteiger partial charge is 0.342 e. The number of carbonyl (C=O) groups is 2. The Morgan fingerprint density at radius 1 is 1.46 bits per heavy atom. The van der Waals surface area contributed by atoms with Gasteiger partial charge in [0.1, 0.15) is 5.57 Å². The van der Waals surface area contributed by atoms with Gasteiger partial charge in [0.2, 0.25) is 0 Å². The van der Waals surface area contributed by atoms with E-state index >= 15 is 0 Å². The number of hydrogen-bond donors (Lipinski definition) is 1. The van der Waals surface area contributed by atoms with Crippen LogP contribution in [0.5, 0.6) is 0 Å². The van der Waals surface area contributed by atoms with Crippen LogP contribution < -0.4 is 5.32 Å². The maximum Gasteiger partial charge on any atom is 0.342 e. The van der Waals surface area contributed by atoms with E-state index in [1.807, 2.05) is 6.92 Å². The standard InChI is InChI=1S/C9H15NO3/c1-4-5-6-10-8(11)7(2)9(12)13-3/h2,4-6H2,1,3H3,(H,10,11). The molecule has 4 heteroatoms. The third-order valence-corrected chi connectivity index (χ3v) is 1.52. The molecule has 0 heterocycles. The quantitative estimate of drug-likeness (QED) is 0.225. The molecular weight excluding hydrogens is 170 g/mol. The first-order chi connectivity index (χ1) is 6.13. The number of esters is 1. The van der Waals surface area contributed by atoms with E-state index in [0.29, 0.717) is 6.54 Å². The molecular formula is C9H15NO3. The zero-order chi connectivity index (χ0) is 10.3. The largest absolute Gasteiger partial charge is 0.465 e. The van der Waals surface area contributed by atoms with E-state index in [1.165, 1.54) is 7.11 Å². The number of methoxy groups -OCH3 is 1. The fraction of sp³-hybridized carbons (Fsp3) is 0.556. The summed E-state index contributed by atoms with van der Waals surface area (Å²) in [6.07, 6.45) is 1.88. The molecule has 0 radical (unpaired) electrons. The van der Waals surface area contributed by atoms with E-state index in [1.54, 1.807) is 0 Å². The van der Waals surface area contributed by atoms with Crippen molar-refractivity contribution in [2.24, 2.45) is 0 Å². The molecule has 0 aromatic rings. The summed E-state index contributed by atoms with van der Waals surface area (Å²) in [6, 6.07) is 0. The average Bonchev–Trinajstić information content (AvgIpc) is 2.15. The van der Waals surface area contributed by atoms with Gasteiger partial charge in [-0.15, -0.1) is 0 Å². The molecule has 1 N–H and O–H groups in total. The second kappa shape index (κ2) is 6.22. The molecule has 0 saturated carbocycles. The molecule has 0 saturated heterocycles. The van der Waals surface area contributed by atoms with Gasteiger partial charge in [-0.25, -0.2) is 4.79 Å². The van der Waals surface area contributed by atoms with Gasteiger partial charge in [-0.3, -0.25) is 4.79 Å². The third kappa shape index (κ3) is 4.30. The summed E-state index contributed by atoms with van der Waals surface area (Å²) in [5.41, 5.74) is -0.154. The second-order valence-corrected chi connectivity index (χ2v) is 2.58. The highest BCUT2D eigenvalue weighted by Crippen LogP contribution is 1.93. The summed E-state index contributed by atoms with van der Waals surface area (Å²) in [5, 5.41) is 2.56. The lowest BCUT2D eigenvalue weighted by atomic mass is 10.2. The van der Waals surface area contributed by atoms with Crippen molar-refractivity contribution in [1.82, 2.24) is 5.32 Å². The van der Waals surface area contributed by atoms with E-state index in [0.717, 1.165) is 12.8 Å². The number of hydrogen-bond acceptors (Lipinski definition) is 3. The summed E-state index contributed by atoms with van der Waals surface area (Å²) in [6.45, 7) is 5.89. The summed E-state index contributed by atoms with van der Waals surface area (Å²) in [5.74, 6) is -1.14. The minimum atomic E-state index is -0.686. The SMILES string of the molecule is C=C(C(=O)NCCCC)C(=O)OC. The molecule has 0 spiro atoms. The van der Waals surface area contributed by atoms with Crippen molar-refractivity contribution in [2.75, 3.05) is 13.7 Å². The maximum absolute atomic E-state index is 11.1. The van der Waals surface area contributed by atoms with Crippen LogP contribution in [0.4, 0.5) is 0 Å². The Kier molecular flexibility index (Phi) is 5.59. The molecule has 0 fully saturated rings. The summed E-state index contributed by atoms with van der Waals surface area (Å²) in [7, 11) is 1.22. The highest BCUT2D eigenvalue weighted by Gasteiger charge is 2.14. The van der Waals surface area contributed by atoms with Gasteiger partial charge in [0, 0.05) is 6.54 Å². The van der Waals surface area contributed by atoms with Crippen LogP contribution in [0.25, 0.3) is 0 Å². The average molecular weight is 185 g/mol. The van der Waals surface area contributed by atoms with Crippen LogP contribution in [-0.2, 0) is 14.3 Å².